The number of fused-ring (bicyclic) bond motifs is 1. The van der Waals surface area contributed by atoms with Crippen LogP contribution in [0, 0.1) is 32.6 Å². The zero-order valence-electron chi connectivity index (χ0n) is 15.6. The van der Waals surface area contributed by atoms with E-state index < -0.39 is 11.2 Å². The molecule has 1 heterocycles. The molecule has 2 N–H and O–H groups in total. The molecule has 0 saturated carbocycles. The van der Waals surface area contributed by atoms with Crippen molar-refractivity contribution in [2.45, 2.75) is 66.6 Å². The van der Waals surface area contributed by atoms with Crippen LogP contribution in [0.1, 0.15) is 49.9 Å². The van der Waals surface area contributed by atoms with Crippen molar-refractivity contribution in [2.24, 2.45) is 5.18 Å². The summed E-state index contributed by atoms with van der Waals surface area (Å²) in [6.07, 6.45) is 0. The lowest BCUT2D eigenvalue weighted by Gasteiger charge is -2.35. The summed E-state index contributed by atoms with van der Waals surface area (Å²) in [6.45, 7) is 14.7. The number of nitrogens with zero attached hydrogens (tertiary/aromatic N) is 1. The number of benzene rings is 1. The van der Waals surface area contributed by atoms with Crippen LogP contribution in [0.15, 0.2) is 9.59 Å². The van der Waals surface area contributed by atoms with E-state index in [2.05, 4.69) is 10.7 Å². The maximum Gasteiger partial charge on any atom is 0.247 e. The third-order valence-electron chi connectivity index (χ3n) is 5.25. The van der Waals surface area contributed by atoms with E-state index in [0.29, 0.717) is 11.0 Å². The fourth-order valence-electron chi connectivity index (χ4n) is 2.41. The molecule has 0 spiro atoms. The fourth-order valence-corrected chi connectivity index (χ4v) is 2.41. The maximum atomic E-state index is 11.4. The van der Waals surface area contributed by atoms with Crippen molar-refractivity contribution in [3.63, 3.8) is 0 Å². The average Bonchev–Trinajstić information content (AvgIpc) is 2.86. The van der Waals surface area contributed by atoms with Gasteiger partial charge in [-0.25, -0.2) is 5.48 Å². The van der Waals surface area contributed by atoms with Crippen LogP contribution >= 0.6 is 0 Å². The van der Waals surface area contributed by atoms with Gasteiger partial charge in [-0.15, -0.1) is 4.91 Å². The lowest BCUT2D eigenvalue weighted by molar-refractivity contribution is -0.131. The highest BCUT2D eigenvalue weighted by Crippen LogP contribution is 2.43. The highest BCUT2D eigenvalue weighted by molar-refractivity contribution is 6.00. The molecule has 0 aliphatic rings. The largest absolute Gasteiger partial charge is 0.436 e. The predicted octanol–water partition coefficient (Wildman–Crippen LogP) is 4.96. The van der Waals surface area contributed by atoms with Gasteiger partial charge in [0.1, 0.15) is 11.2 Å². The van der Waals surface area contributed by atoms with Gasteiger partial charge in [0.15, 0.2) is 5.69 Å². The fraction of sp³-hybridized carbons (Fsp3) is 0.556. The first-order chi connectivity index (χ1) is 10.9. The molecule has 0 radical (unpaired) electrons. The Labute approximate surface area is 142 Å². The van der Waals surface area contributed by atoms with Crippen molar-refractivity contribution < 1.29 is 14.4 Å². The second-order valence-corrected chi connectivity index (χ2v) is 7.35. The van der Waals surface area contributed by atoms with E-state index >= 15 is 0 Å². The first-order valence-electron chi connectivity index (χ1n) is 7.95. The van der Waals surface area contributed by atoms with Gasteiger partial charge in [-0.3, -0.25) is 4.84 Å². The molecule has 0 aliphatic carbocycles. The number of aryl methyl sites for hydroxylation is 2. The SMILES string of the molecule is Cc1c(C)c(C)c2c(N=O)c(NOC(C)(C)C(C)(C)O)oc2c1C. The summed E-state index contributed by atoms with van der Waals surface area (Å²) < 4.78 is 5.83. The number of rotatable bonds is 5. The summed E-state index contributed by atoms with van der Waals surface area (Å²) in [5, 5.41) is 14.0. The molecular weight excluding hydrogens is 308 g/mol. The van der Waals surface area contributed by atoms with Gasteiger partial charge in [0.25, 0.3) is 0 Å². The van der Waals surface area contributed by atoms with Crippen molar-refractivity contribution >= 4 is 22.5 Å². The number of nitrogens with one attached hydrogen (secondary N) is 1. The summed E-state index contributed by atoms with van der Waals surface area (Å²) in [5.74, 6) is 0.147. The van der Waals surface area contributed by atoms with E-state index in [1.54, 1.807) is 27.7 Å². The number of anilines is 1. The number of hydrogen-bond donors (Lipinski definition) is 2. The topological polar surface area (TPSA) is 84.1 Å². The van der Waals surface area contributed by atoms with Gasteiger partial charge in [-0.05, 0) is 82.8 Å². The molecular formula is C18H26N2O4. The van der Waals surface area contributed by atoms with Crippen molar-refractivity contribution in [1.82, 2.24) is 0 Å². The van der Waals surface area contributed by atoms with Gasteiger partial charge >= 0.3 is 0 Å². The summed E-state index contributed by atoms with van der Waals surface area (Å²) in [5.41, 5.74) is 5.62. The Morgan fingerprint density at radius 3 is 2.04 bits per heavy atom. The highest BCUT2D eigenvalue weighted by Gasteiger charge is 2.37. The lowest BCUT2D eigenvalue weighted by Crippen LogP contribution is -2.48. The molecule has 0 bridgehead atoms. The Hall–Kier alpha value is -1.92. The minimum atomic E-state index is -1.10. The molecule has 0 atom stereocenters. The molecule has 1 aromatic heterocycles. The predicted molar refractivity (Wildman–Crippen MR) is 95.7 cm³/mol. The second-order valence-electron chi connectivity index (χ2n) is 7.35. The number of furan rings is 1. The molecule has 0 saturated heterocycles. The van der Waals surface area contributed by atoms with Crippen LogP contribution in [0.25, 0.3) is 11.0 Å². The van der Waals surface area contributed by atoms with Gasteiger partial charge in [0.05, 0.1) is 11.0 Å². The van der Waals surface area contributed by atoms with Crippen molar-refractivity contribution in [2.75, 3.05) is 5.48 Å². The van der Waals surface area contributed by atoms with Crippen LogP contribution in [0.3, 0.4) is 0 Å². The third kappa shape index (κ3) is 2.80. The molecule has 1 aromatic carbocycles. The Bertz CT molecular complexity index is 798. The third-order valence-corrected chi connectivity index (χ3v) is 5.25. The molecule has 2 rings (SSSR count). The van der Waals surface area contributed by atoms with Crippen LogP contribution in [0.5, 0.6) is 0 Å². The molecule has 6 nitrogen and oxygen atoms in total. The standard InChI is InChI=1S/C18H26N2O4/c1-9-10(2)12(4)15-13(11(9)3)14(19-22)16(23-15)20-24-18(7,8)17(5,6)21/h20-21H,1-8H3. The van der Waals surface area contributed by atoms with Crippen molar-refractivity contribution in [1.29, 1.82) is 0 Å². The highest BCUT2D eigenvalue weighted by atomic mass is 16.7. The summed E-state index contributed by atoms with van der Waals surface area (Å²) in [4.78, 5) is 17.0. The number of aliphatic hydroxyl groups is 1. The molecule has 132 valence electrons. The molecule has 24 heavy (non-hydrogen) atoms. The van der Waals surface area contributed by atoms with E-state index in [-0.39, 0.29) is 11.6 Å². The zero-order chi connectivity index (χ0) is 18.4. The van der Waals surface area contributed by atoms with E-state index in [9.17, 15) is 10.0 Å². The zero-order valence-corrected chi connectivity index (χ0v) is 15.6. The molecule has 0 aliphatic heterocycles. The smallest absolute Gasteiger partial charge is 0.247 e. The Morgan fingerprint density at radius 1 is 1.00 bits per heavy atom. The first-order valence-corrected chi connectivity index (χ1v) is 7.95. The van der Waals surface area contributed by atoms with Gasteiger partial charge < -0.3 is 9.52 Å². The minimum Gasteiger partial charge on any atom is -0.436 e. The molecule has 0 unspecified atom stereocenters. The normalized spacial score (nSPS) is 12.7. The van der Waals surface area contributed by atoms with Crippen LogP contribution in [-0.2, 0) is 4.84 Å². The first kappa shape index (κ1) is 18.4. The summed E-state index contributed by atoms with van der Waals surface area (Å²) in [6, 6.07) is 0. The number of hydrogen-bond acceptors (Lipinski definition) is 6. The quantitative estimate of drug-likeness (QED) is 0.596. The van der Waals surface area contributed by atoms with Gasteiger partial charge in [-0.1, -0.05) is 0 Å². The van der Waals surface area contributed by atoms with E-state index in [1.807, 2.05) is 27.7 Å². The van der Waals surface area contributed by atoms with Gasteiger partial charge in [-0.2, -0.15) is 0 Å². The van der Waals surface area contributed by atoms with Crippen LogP contribution in [0.4, 0.5) is 11.6 Å². The Balaban J connectivity index is 2.55. The number of nitroso groups, excluding NO2 is 1. The van der Waals surface area contributed by atoms with Crippen LogP contribution < -0.4 is 5.48 Å². The Morgan fingerprint density at radius 2 is 1.54 bits per heavy atom. The molecule has 0 amide bonds. The van der Waals surface area contributed by atoms with E-state index in [4.69, 9.17) is 9.25 Å². The van der Waals surface area contributed by atoms with E-state index in [0.717, 1.165) is 22.3 Å². The van der Waals surface area contributed by atoms with Crippen LogP contribution in [-0.4, -0.2) is 16.3 Å². The molecule has 0 fully saturated rings. The average molecular weight is 334 g/mol. The van der Waals surface area contributed by atoms with Gasteiger partial charge in [0, 0.05) is 0 Å². The molecule has 2 aromatic rings. The van der Waals surface area contributed by atoms with Crippen molar-refractivity contribution in [3.8, 4) is 0 Å². The minimum absolute atomic E-state index is 0.147. The van der Waals surface area contributed by atoms with Crippen LogP contribution in [0.2, 0.25) is 0 Å². The maximum absolute atomic E-state index is 11.4. The van der Waals surface area contributed by atoms with Gasteiger partial charge in [0.2, 0.25) is 5.88 Å². The van der Waals surface area contributed by atoms with Crippen molar-refractivity contribution in [3.05, 3.63) is 27.2 Å². The summed E-state index contributed by atoms with van der Waals surface area (Å²) >= 11 is 0. The second kappa shape index (κ2) is 5.86. The Kier molecular flexibility index (Phi) is 4.50. The van der Waals surface area contributed by atoms with E-state index in [1.165, 1.54) is 0 Å². The molecule has 6 heteroatoms. The lowest BCUT2D eigenvalue weighted by atomic mass is 9.90. The summed E-state index contributed by atoms with van der Waals surface area (Å²) in [7, 11) is 0. The monoisotopic (exact) mass is 334 g/mol.